The van der Waals surface area contributed by atoms with Crippen LogP contribution in [0.5, 0.6) is 0 Å². The summed E-state index contributed by atoms with van der Waals surface area (Å²) in [5.74, 6) is 1.82. The Morgan fingerprint density at radius 1 is 0.306 bits per heavy atom. The normalized spacial score (nSPS) is 13.0. The molecule has 4 nitrogen and oxygen atoms in total. The first kappa shape index (κ1) is 34.6. The zero-order valence-corrected chi connectivity index (χ0v) is 33.5. The molecule has 1 spiro atoms. The number of furan rings is 1. The fourth-order valence-corrected chi connectivity index (χ4v) is 10.4. The maximum atomic E-state index is 6.27. The molecular weight excluding hydrogens is 755 g/mol. The molecule has 62 heavy (non-hydrogen) atoms. The summed E-state index contributed by atoms with van der Waals surface area (Å²) >= 11 is 0. The first-order valence-electron chi connectivity index (χ1n) is 21.1. The molecule has 0 bridgehead atoms. The largest absolute Gasteiger partial charge is 0.456 e. The van der Waals surface area contributed by atoms with Gasteiger partial charge in [0.2, 0.25) is 0 Å². The lowest BCUT2D eigenvalue weighted by molar-refractivity contribution is 0.669. The lowest BCUT2D eigenvalue weighted by Crippen LogP contribution is -2.25. The third kappa shape index (κ3) is 4.98. The van der Waals surface area contributed by atoms with Gasteiger partial charge in [-0.1, -0.05) is 188 Å². The summed E-state index contributed by atoms with van der Waals surface area (Å²) in [5.41, 5.74) is 19.2. The summed E-state index contributed by atoms with van der Waals surface area (Å²) in [5, 5.41) is 2.02. The molecule has 4 heteroatoms. The van der Waals surface area contributed by atoms with Crippen molar-refractivity contribution in [2.24, 2.45) is 0 Å². The van der Waals surface area contributed by atoms with Crippen LogP contribution >= 0.6 is 0 Å². The van der Waals surface area contributed by atoms with Gasteiger partial charge in [0, 0.05) is 27.5 Å². The Kier molecular flexibility index (Phi) is 7.49. The van der Waals surface area contributed by atoms with E-state index in [0.29, 0.717) is 17.5 Å². The molecule has 0 unspecified atom stereocenters. The van der Waals surface area contributed by atoms with Gasteiger partial charge in [0.1, 0.15) is 11.2 Å². The molecule has 0 saturated heterocycles. The van der Waals surface area contributed by atoms with E-state index in [1.54, 1.807) is 0 Å². The third-order valence-corrected chi connectivity index (χ3v) is 13.0. The van der Waals surface area contributed by atoms with Crippen LogP contribution in [0.3, 0.4) is 0 Å². The summed E-state index contributed by atoms with van der Waals surface area (Å²) in [6.45, 7) is 0. The van der Waals surface area contributed by atoms with Gasteiger partial charge < -0.3 is 4.42 Å². The van der Waals surface area contributed by atoms with E-state index in [2.05, 4.69) is 152 Å². The number of rotatable bonds is 5. The molecule has 288 valence electrons. The Morgan fingerprint density at radius 3 is 1.53 bits per heavy atom. The van der Waals surface area contributed by atoms with Crippen LogP contribution in [-0.4, -0.2) is 15.0 Å². The highest BCUT2D eigenvalue weighted by Crippen LogP contribution is 2.64. The Morgan fingerprint density at radius 2 is 0.774 bits per heavy atom. The van der Waals surface area contributed by atoms with Crippen molar-refractivity contribution in [2.45, 2.75) is 5.41 Å². The quantitative estimate of drug-likeness (QED) is 0.174. The number of nitrogens with zero attached hydrogens (tertiary/aromatic N) is 3. The number of fused-ring (bicyclic) bond motifs is 13. The zero-order chi connectivity index (χ0) is 40.8. The van der Waals surface area contributed by atoms with Crippen molar-refractivity contribution < 1.29 is 4.42 Å². The van der Waals surface area contributed by atoms with Gasteiger partial charge in [0.05, 0.1) is 5.41 Å². The first-order chi connectivity index (χ1) is 30.7. The van der Waals surface area contributed by atoms with Crippen molar-refractivity contribution >= 4 is 21.9 Å². The third-order valence-electron chi connectivity index (χ3n) is 13.0. The van der Waals surface area contributed by atoms with Crippen molar-refractivity contribution in [1.29, 1.82) is 0 Å². The van der Waals surface area contributed by atoms with E-state index in [1.807, 2.05) is 60.7 Å². The van der Waals surface area contributed by atoms with Gasteiger partial charge in [-0.2, -0.15) is 0 Å². The lowest BCUT2D eigenvalue weighted by atomic mass is 9.70. The van der Waals surface area contributed by atoms with Gasteiger partial charge in [0.15, 0.2) is 17.5 Å². The number of aromatic nitrogens is 3. The van der Waals surface area contributed by atoms with Crippen molar-refractivity contribution in [3.63, 3.8) is 0 Å². The Hall–Kier alpha value is -8.21. The molecule has 0 amide bonds. The predicted octanol–water partition coefficient (Wildman–Crippen LogP) is 14.4. The number of benzene rings is 9. The van der Waals surface area contributed by atoms with Crippen molar-refractivity contribution in [3.05, 3.63) is 235 Å². The molecule has 2 heterocycles. The fourth-order valence-electron chi connectivity index (χ4n) is 10.4. The maximum Gasteiger partial charge on any atom is 0.164 e. The number of hydrogen-bond donors (Lipinski definition) is 0. The topological polar surface area (TPSA) is 51.8 Å². The van der Waals surface area contributed by atoms with E-state index in [0.717, 1.165) is 49.8 Å². The van der Waals surface area contributed by atoms with E-state index in [4.69, 9.17) is 19.4 Å². The standard InChI is InChI=1S/C58H35N3O/c1-2-16-36(17-3-1)55-59-56(61-57(60-55)46-27-15-33-52-54(46)45-25-7-11-32-51(45)62-52)40-21-13-19-38(35-40)37-18-12-20-39(34-37)41-26-14-31-50-53(41)44-24-6-10-30-49(44)58(50)47-28-8-4-22-42(47)43-23-5-9-29-48(43)58/h1-35H. The van der Waals surface area contributed by atoms with Crippen LogP contribution in [0.4, 0.5) is 0 Å². The van der Waals surface area contributed by atoms with E-state index < -0.39 is 0 Å². The molecule has 0 radical (unpaired) electrons. The summed E-state index contributed by atoms with van der Waals surface area (Å²) in [6.07, 6.45) is 0. The summed E-state index contributed by atoms with van der Waals surface area (Å²) < 4.78 is 6.27. The minimum atomic E-state index is -0.390. The highest BCUT2D eigenvalue weighted by atomic mass is 16.3. The van der Waals surface area contributed by atoms with Gasteiger partial charge in [-0.05, 0) is 91.0 Å². The van der Waals surface area contributed by atoms with Crippen LogP contribution in [0.15, 0.2) is 217 Å². The fraction of sp³-hybridized carbons (Fsp3) is 0.0172. The van der Waals surface area contributed by atoms with Gasteiger partial charge in [0.25, 0.3) is 0 Å². The smallest absolute Gasteiger partial charge is 0.164 e. The number of para-hydroxylation sites is 1. The van der Waals surface area contributed by atoms with Gasteiger partial charge in [-0.15, -0.1) is 0 Å². The monoisotopic (exact) mass is 789 g/mol. The summed E-state index contributed by atoms with van der Waals surface area (Å²) in [4.78, 5) is 15.4. The molecule has 0 saturated carbocycles. The minimum Gasteiger partial charge on any atom is -0.456 e. The highest BCUT2D eigenvalue weighted by Gasteiger charge is 2.51. The van der Waals surface area contributed by atoms with E-state index in [-0.39, 0.29) is 5.41 Å². The van der Waals surface area contributed by atoms with E-state index in [9.17, 15) is 0 Å². The summed E-state index contributed by atoms with van der Waals surface area (Å²) in [7, 11) is 0. The van der Waals surface area contributed by atoms with Gasteiger partial charge >= 0.3 is 0 Å². The van der Waals surface area contributed by atoms with Crippen molar-refractivity contribution in [1.82, 2.24) is 15.0 Å². The molecule has 0 atom stereocenters. The molecule has 11 aromatic rings. The molecule has 9 aromatic carbocycles. The van der Waals surface area contributed by atoms with Crippen LogP contribution in [0.2, 0.25) is 0 Å². The molecule has 13 rings (SSSR count). The minimum absolute atomic E-state index is 0.390. The average molecular weight is 790 g/mol. The Balaban J connectivity index is 0.952. The SMILES string of the molecule is c1ccc(-c2nc(-c3cccc(-c4cccc(-c5cccc6c5-c5ccccc5C65c6ccccc6-c6ccccc65)c4)c3)nc(-c3cccc4oc5ccccc5c34)n2)cc1. The zero-order valence-electron chi connectivity index (χ0n) is 33.5. The molecule has 2 aliphatic carbocycles. The van der Waals surface area contributed by atoms with Crippen LogP contribution in [-0.2, 0) is 5.41 Å². The molecule has 2 aromatic heterocycles. The molecule has 0 N–H and O–H groups in total. The van der Waals surface area contributed by atoms with Crippen molar-refractivity contribution in [2.75, 3.05) is 0 Å². The second-order valence-corrected chi connectivity index (χ2v) is 16.2. The van der Waals surface area contributed by atoms with Crippen LogP contribution in [0, 0.1) is 0 Å². The second kappa shape index (κ2) is 13.4. The lowest BCUT2D eigenvalue weighted by Gasteiger charge is -2.30. The first-order valence-corrected chi connectivity index (χ1v) is 21.1. The Bertz CT molecular complexity index is 3560. The summed E-state index contributed by atoms with van der Waals surface area (Å²) in [6, 6.07) is 75.7. The van der Waals surface area contributed by atoms with Gasteiger partial charge in [-0.3, -0.25) is 0 Å². The van der Waals surface area contributed by atoms with Crippen LogP contribution in [0.25, 0.3) is 101 Å². The molecular formula is C58H35N3O. The molecule has 0 fully saturated rings. The molecule has 0 aliphatic heterocycles. The van der Waals surface area contributed by atoms with E-state index >= 15 is 0 Å². The van der Waals surface area contributed by atoms with E-state index in [1.165, 1.54) is 55.6 Å². The van der Waals surface area contributed by atoms with Crippen LogP contribution in [0.1, 0.15) is 22.3 Å². The predicted molar refractivity (Wildman–Crippen MR) is 251 cm³/mol. The average Bonchev–Trinajstić information content (AvgIpc) is 3.99. The van der Waals surface area contributed by atoms with Crippen molar-refractivity contribution in [3.8, 4) is 78.7 Å². The Labute approximate surface area is 358 Å². The van der Waals surface area contributed by atoms with Gasteiger partial charge in [-0.25, -0.2) is 15.0 Å². The highest BCUT2D eigenvalue weighted by molar-refractivity contribution is 6.12. The van der Waals surface area contributed by atoms with Crippen LogP contribution < -0.4 is 0 Å². The molecule has 2 aliphatic rings. The maximum absolute atomic E-state index is 6.27. The number of hydrogen-bond acceptors (Lipinski definition) is 4. The second-order valence-electron chi connectivity index (χ2n) is 16.2.